The van der Waals surface area contributed by atoms with E-state index in [0.717, 1.165) is 16.7 Å². The van der Waals surface area contributed by atoms with Crippen molar-refractivity contribution in [3.8, 4) is 28.7 Å². The van der Waals surface area contributed by atoms with Gasteiger partial charge in [0.05, 0.1) is 27.4 Å². The van der Waals surface area contributed by atoms with Crippen molar-refractivity contribution in [2.24, 2.45) is 0 Å². The molecule has 2 aromatic rings. The summed E-state index contributed by atoms with van der Waals surface area (Å²) in [6, 6.07) is 7.06. The maximum absolute atomic E-state index is 13.0. The fraction of sp³-hybridized carbons (Fsp3) is 0.391. The van der Waals surface area contributed by atoms with Crippen molar-refractivity contribution in [2.45, 2.75) is 18.5 Å². The van der Waals surface area contributed by atoms with E-state index in [9.17, 15) is 4.79 Å². The van der Waals surface area contributed by atoms with Crippen LogP contribution in [0.4, 0.5) is 0 Å². The van der Waals surface area contributed by atoms with E-state index in [1.54, 1.807) is 33.3 Å². The summed E-state index contributed by atoms with van der Waals surface area (Å²) < 4.78 is 28.3. The molecule has 1 saturated heterocycles. The second-order valence-electron chi connectivity index (χ2n) is 7.86. The maximum Gasteiger partial charge on any atom is 0.251 e. The summed E-state index contributed by atoms with van der Waals surface area (Å²) in [6.07, 6.45) is 0.538. The SMILES string of the molecule is COc1cc([C@@H]2c3cc4c(cc3C[C@H]3C(=O)N(C)C(=S)N23)OCCO4)cc(OC)c1OC. The van der Waals surface area contributed by atoms with Gasteiger partial charge in [-0.25, -0.2) is 0 Å². The molecule has 3 aliphatic rings. The summed E-state index contributed by atoms with van der Waals surface area (Å²) in [5, 5.41) is 0.485. The van der Waals surface area contributed by atoms with E-state index < -0.39 is 6.04 Å². The molecule has 32 heavy (non-hydrogen) atoms. The molecule has 3 aliphatic heterocycles. The van der Waals surface area contributed by atoms with Crippen LogP contribution in [0.15, 0.2) is 24.3 Å². The van der Waals surface area contributed by atoms with Crippen molar-refractivity contribution in [1.82, 2.24) is 9.80 Å². The largest absolute Gasteiger partial charge is 0.493 e. The van der Waals surface area contributed by atoms with Crippen LogP contribution in [0.1, 0.15) is 22.7 Å². The molecule has 3 heterocycles. The van der Waals surface area contributed by atoms with Crippen LogP contribution >= 0.6 is 12.2 Å². The predicted molar refractivity (Wildman–Crippen MR) is 120 cm³/mol. The van der Waals surface area contributed by atoms with Crippen LogP contribution in [-0.4, -0.2) is 68.5 Å². The quantitative estimate of drug-likeness (QED) is 0.651. The third-order valence-electron chi connectivity index (χ3n) is 6.25. The van der Waals surface area contributed by atoms with Crippen molar-refractivity contribution in [3.05, 3.63) is 41.0 Å². The number of likely N-dealkylation sites (N-methyl/N-ethyl adjacent to an activating group) is 1. The van der Waals surface area contributed by atoms with Gasteiger partial charge in [0.1, 0.15) is 19.3 Å². The number of rotatable bonds is 4. The molecule has 168 valence electrons. The van der Waals surface area contributed by atoms with E-state index >= 15 is 0 Å². The van der Waals surface area contributed by atoms with Crippen molar-refractivity contribution in [3.63, 3.8) is 0 Å². The zero-order valence-corrected chi connectivity index (χ0v) is 19.2. The van der Waals surface area contributed by atoms with E-state index in [-0.39, 0.29) is 11.9 Å². The average molecular weight is 457 g/mol. The van der Waals surface area contributed by atoms with Gasteiger partial charge in [-0.15, -0.1) is 0 Å². The second kappa shape index (κ2) is 7.74. The molecule has 5 rings (SSSR count). The Bertz CT molecular complexity index is 1090. The highest BCUT2D eigenvalue weighted by Crippen LogP contribution is 2.48. The van der Waals surface area contributed by atoms with Gasteiger partial charge >= 0.3 is 0 Å². The van der Waals surface area contributed by atoms with Crippen LogP contribution in [0.3, 0.4) is 0 Å². The molecule has 9 heteroatoms. The molecule has 0 spiro atoms. The van der Waals surface area contributed by atoms with Gasteiger partial charge in [0.25, 0.3) is 5.91 Å². The van der Waals surface area contributed by atoms with Gasteiger partial charge in [-0.05, 0) is 53.2 Å². The average Bonchev–Trinajstić information content (AvgIpc) is 3.03. The Balaban J connectivity index is 1.74. The number of benzene rings is 2. The zero-order chi connectivity index (χ0) is 22.6. The molecule has 8 nitrogen and oxygen atoms in total. The number of ether oxygens (including phenoxy) is 5. The van der Waals surface area contributed by atoms with Gasteiger partial charge in [0.15, 0.2) is 28.1 Å². The number of hydrogen-bond donors (Lipinski definition) is 0. The minimum absolute atomic E-state index is 0.0204. The maximum atomic E-state index is 13.0. The van der Waals surface area contributed by atoms with E-state index in [1.165, 1.54) is 0 Å². The van der Waals surface area contributed by atoms with Crippen molar-refractivity contribution >= 4 is 23.2 Å². The molecule has 0 N–H and O–H groups in total. The number of thiocarbonyl (C=S) groups is 1. The highest BCUT2D eigenvalue weighted by atomic mass is 32.1. The van der Waals surface area contributed by atoms with Gasteiger partial charge in [0.2, 0.25) is 5.75 Å². The highest BCUT2D eigenvalue weighted by molar-refractivity contribution is 7.80. The van der Waals surface area contributed by atoms with Crippen LogP contribution in [0.5, 0.6) is 28.7 Å². The number of carbonyl (C=O) groups excluding carboxylic acids is 1. The lowest BCUT2D eigenvalue weighted by molar-refractivity contribution is -0.127. The Hall–Kier alpha value is -3.20. The summed E-state index contributed by atoms with van der Waals surface area (Å²) in [5.41, 5.74) is 2.90. The number of hydrogen-bond acceptors (Lipinski definition) is 7. The summed E-state index contributed by atoms with van der Waals surface area (Å²) in [5.74, 6) is 2.95. The van der Waals surface area contributed by atoms with Gasteiger partial charge in [-0.2, -0.15) is 0 Å². The number of nitrogens with zero attached hydrogens (tertiary/aromatic N) is 2. The molecule has 0 aliphatic carbocycles. The van der Waals surface area contributed by atoms with Crippen molar-refractivity contribution in [1.29, 1.82) is 0 Å². The molecular weight excluding hydrogens is 432 g/mol. The monoisotopic (exact) mass is 456 g/mol. The molecule has 0 aromatic heterocycles. The molecule has 0 saturated carbocycles. The number of methoxy groups -OCH3 is 3. The van der Waals surface area contributed by atoms with Crippen LogP contribution in [0.2, 0.25) is 0 Å². The lowest BCUT2D eigenvalue weighted by Crippen LogP contribution is -2.44. The van der Waals surface area contributed by atoms with Gasteiger partial charge in [0, 0.05) is 13.5 Å². The zero-order valence-electron chi connectivity index (χ0n) is 18.3. The van der Waals surface area contributed by atoms with Crippen LogP contribution in [0, 0.1) is 0 Å². The first-order valence-electron chi connectivity index (χ1n) is 10.3. The Morgan fingerprint density at radius 1 is 0.969 bits per heavy atom. The topological polar surface area (TPSA) is 69.7 Å². The molecule has 0 radical (unpaired) electrons. The number of amides is 1. The lowest BCUT2D eigenvalue weighted by atomic mass is 9.84. The van der Waals surface area contributed by atoms with Gasteiger partial charge in [-0.1, -0.05) is 0 Å². The molecule has 1 fully saturated rings. The smallest absolute Gasteiger partial charge is 0.251 e. The summed E-state index contributed by atoms with van der Waals surface area (Å²) in [7, 11) is 6.45. The fourth-order valence-electron chi connectivity index (χ4n) is 4.75. The third kappa shape index (κ3) is 2.95. The summed E-state index contributed by atoms with van der Waals surface area (Å²) in [4.78, 5) is 16.6. The van der Waals surface area contributed by atoms with E-state index in [4.69, 9.17) is 35.9 Å². The first-order valence-corrected chi connectivity index (χ1v) is 10.7. The molecule has 1 amide bonds. The molecule has 2 aromatic carbocycles. The van der Waals surface area contributed by atoms with Crippen molar-refractivity contribution in [2.75, 3.05) is 41.6 Å². The van der Waals surface area contributed by atoms with Crippen LogP contribution in [-0.2, 0) is 11.2 Å². The second-order valence-corrected chi connectivity index (χ2v) is 8.23. The lowest BCUT2D eigenvalue weighted by Gasteiger charge is -2.39. The predicted octanol–water partition coefficient (Wildman–Crippen LogP) is 2.56. The molecule has 0 bridgehead atoms. The normalized spacial score (nSPS) is 21.2. The Morgan fingerprint density at radius 3 is 2.19 bits per heavy atom. The van der Waals surface area contributed by atoms with Crippen LogP contribution in [0.25, 0.3) is 0 Å². The molecule has 2 atom stereocenters. The Labute approximate surface area is 191 Å². The summed E-state index contributed by atoms with van der Waals surface area (Å²) >= 11 is 5.70. The Kier molecular flexibility index (Phi) is 5.00. The number of carbonyl (C=O) groups is 1. The molecular formula is C23H24N2O6S. The summed E-state index contributed by atoms with van der Waals surface area (Å²) in [6.45, 7) is 0.996. The first kappa shape index (κ1) is 20.7. The highest BCUT2D eigenvalue weighted by Gasteiger charge is 2.49. The van der Waals surface area contributed by atoms with Crippen LogP contribution < -0.4 is 23.7 Å². The molecule has 0 unspecified atom stereocenters. The van der Waals surface area contributed by atoms with Gasteiger partial charge in [-0.3, -0.25) is 9.69 Å². The minimum Gasteiger partial charge on any atom is -0.493 e. The Morgan fingerprint density at radius 2 is 1.59 bits per heavy atom. The number of fused-ring (bicyclic) bond motifs is 3. The standard InChI is InChI=1S/C23H24N2O6S/c1-24-22(26)15-7-12-8-16-17(31-6-5-30-16)11-14(12)20(25(15)23(24)32)13-9-18(27-2)21(29-4)19(10-13)28-3/h8-11,15,20H,5-7H2,1-4H3/t15-,20+/m0/s1. The van der Waals surface area contributed by atoms with Gasteiger partial charge < -0.3 is 28.6 Å². The van der Waals surface area contributed by atoms with E-state index in [0.29, 0.717) is 53.5 Å². The first-order chi connectivity index (χ1) is 15.5. The fourth-order valence-corrected chi connectivity index (χ4v) is 5.08. The van der Waals surface area contributed by atoms with E-state index in [1.807, 2.05) is 29.2 Å². The van der Waals surface area contributed by atoms with Crippen molar-refractivity contribution < 1.29 is 28.5 Å². The third-order valence-corrected chi connectivity index (χ3v) is 6.74. The van der Waals surface area contributed by atoms with E-state index in [2.05, 4.69) is 0 Å². The minimum atomic E-state index is -0.397.